The predicted molar refractivity (Wildman–Crippen MR) is 73.2 cm³/mol. The Morgan fingerprint density at radius 1 is 1.00 bits per heavy atom. The van der Waals surface area contributed by atoms with Crippen molar-refractivity contribution in [3.8, 4) is 12.3 Å². The van der Waals surface area contributed by atoms with Gasteiger partial charge in [0.1, 0.15) is 5.69 Å². The van der Waals surface area contributed by atoms with Gasteiger partial charge < -0.3 is 0 Å². The molecule has 1 heterocycles. The number of para-hydroxylation sites is 1. The van der Waals surface area contributed by atoms with Gasteiger partial charge in [-0.05, 0) is 23.6 Å². The molecule has 86 valence electrons. The normalized spacial score (nSPS) is 10.4. The zero-order chi connectivity index (χ0) is 12.4. The zero-order valence-corrected chi connectivity index (χ0v) is 9.88. The van der Waals surface area contributed by atoms with E-state index in [4.69, 9.17) is 6.42 Å². The number of hydrogen-bond donors (Lipinski definition) is 0. The summed E-state index contributed by atoms with van der Waals surface area (Å²) in [6, 6.07) is 18.3. The van der Waals surface area contributed by atoms with Gasteiger partial charge in [-0.1, -0.05) is 42.5 Å². The monoisotopic (exact) mass is 232 g/mol. The van der Waals surface area contributed by atoms with Crippen molar-refractivity contribution in [2.75, 3.05) is 0 Å². The molecule has 0 N–H and O–H groups in total. The van der Waals surface area contributed by atoms with Crippen LogP contribution in [0.1, 0.15) is 11.3 Å². The van der Waals surface area contributed by atoms with E-state index in [1.807, 2.05) is 47.1 Å². The summed E-state index contributed by atoms with van der Waals surface area (Å²) in [4.78, 5) is 0. The lowest BCUT2D eigenvalue weighted by Gasteiger charge is -2.03. The molecule has 3 aromatic rings. The second-order valence-corrected chi connectivity index (χ2v) is 4.15. The molecular weight excluding hydrogens is 220 g/mol. The largest absolute Gasteiger partial charge is 0.259 e. The summed E-state index contributed by atoms with van der Waals surface area (Å²) < 4.78 is 1.96. The molecule has 3 rings (SSSR count). The van der Waals surface area contributed by atoms with E-state index in [-0.39, 0.29) is 0 Å². The Balaban J connectivity index is 2.11. The number of aromatic nitrogens is 2. The number of hydrogen-bond acceptors (Lipinski definition) is 1. The lowest BCUT2D eigenvalue weighted by Crippen LogP contribution is -2.01. The minimum absolute atomic E-state index is 0.710. The molecular formula is C16H12N2. The van der Waals surface area contributed by atoms with Gasteiger partial charge in [-0.15, -0.1) is 6.42 Å². The lowest BCUT2D eigenvalue weighted by molar-refractivity contribution is 0.709. The molecule has 2 aromatic carbocycles. The Hall–Kier alpha value is -2.53. The van der Waals surface area contributed by atoms with Crippen LogP contribution in [0.4, 0.5) is 0 Å². The van der Waals surface area contributed by atoms with Gasteiger partial charge in [0.25, 0.3) is 0 Å². The molecule has 0 atom stereocenters. The van der Waals surface area contributed by atoms with Crippen LogP contribution in [0.3, 0.4) is 0 Å². The van der Waals surface area contributed by atoms with E-state index in [0.29, 0.717) is 5.69 Å². The quantitative estimate of drug-likeness (QED) is 0.621. The molecule has 0 fully saturated rings. The number of rotatable bonds is 2. The van der Waals surface area contributed by atoms with Gasteiger partial charge in [-0.25, -0.2) is 0 Å². The zero-order valence-electron chi connectivity index (χ0n) is 9.88. The van der Waals surface area contributed by atoms with Crippen molar-refractivity contribution in [3.63, 3.8) is 0 Å². The Labute approximate surface area is 106 Å². The highest BCUT2D eigenvalue weighted by Crippen LogP contribution is 2.18. The maximum Gasteiger partial charge on any atom is 0.142 e. The number of terminal acetylenes is 1. The van der Waals surface area contributed by atoms with Crippen LogP contribution in [0.25, 0.3) is 10.9 Å². The highest BCUT2D eigenvalue weighted by Gasteiger charge is 2.07. The van der Waals surface area contributed by atoms with Crippen LogP contribution >= 0.6 is 0 Å². The van der Waals surface area contributed by atoms with Gasteiger partial charge in [0.2, 0.25) is 0 Å². The fraction of sp³-hybridized carbons (Fsp3) is 0.0625. The fourth-order valence-electron chi connectivity index (χ4n) is 2.11. The first-order valence-corrected chi connectivity index (χ1v) is 5.84. The van der Waals surface area contributed by atoms with Crippen molar-refractivity contribution in [1.82, 2.24) is 9.78 Å². The third-order valence-electron chi connectivity index (χ3n) is 2.97. The molecule has 0 amide bonds. The second-order valence-electron chi connectivity index (χ2n) is 4.15. The number of fused-ring (bicyclic) bond motifs is 1. The second kappa shape index (κ2) is 4.38. The molecule has 2 nitrogen and oxygen atoms in total. The van der Waals surface area contributed by atoms with E-state index in [0.717, 1.165) is 17.4 Å². The Kier molecular flexibility index (Phi) is 2.59. The molecule has 0 aliphatic heterocycles. The summed E-state index contributed by atoms with van der Waals surface area (Å²) in [6.45, 7) is 0.739. The topological polar surface area (TPSA) is 17.8 Å². The molecule has 0 radical (unpaired) electrons. The van der Waals surface area contributed by atoms with Crippen molar-refractivity contribution < 1.29 is 0 Å². The van der Waals surface area contributed by atoms with Crippen molar-refractivity contribution in [2.24, 2.45) is 0 Å². The van der Waals surface area contributed by atoms with Gasteiger partial charge in [-0.2, -0.15) is 5.10 Å². The van der Waals surface area contributed by atoms with Gasteiger partial charge in [-0.3, -0.25) is 4.68 Å². The van der Waals surface area contributed by atoms with Gasteiger partial charge >= 0.3 is 0 Å². The van der Waals surface area contributed by atoms with Crippen molar-refractivity contribution in [3.05, 3.63) is 65.9 Å². The smallest absolute Gasteiger partial charge is 0.142 e. The summed E-state index contributed by atoms with van der Waals surface area (Å²) in [7, 11) is 0. The van der Waals surface area contributed by atoms with Crippen molar-refractivity contribution in [1.29, 1.82) is 0 Å². The van der Waals surface area contributed by atoms with Crippen LogP contribution in [0.15, 0.2) is 54.6 Å². The first kappa shape index (κ1) is 10.6. The lowest BCUT2D eigenvalue weighted by atomic mass is 10.2. The average molecular weight is 232 g/mol. The van der Waals surface area contributed by atoms with Crippen molar-refractivity contribution >= 4 is 10.9 Å². The first-order chi connectivity index (χ1) is 8.88. The maximum atomic E-state index is 5.50. The molecule has 18 heavy (non-hydrogen) atoms. The first-order valence-electron chi connectivity index (χ1n) is 5.84. The summed E-state index contributed by atoms with van der Waals surface area (Å²) in [5.41, 5.74) is 3.00. The van der Waals surface area contributed by atoms with Gasteiger partial charge in [0.05, 0.1) is 12.1 Å². The molecule has 0 saturated carbocycles. The molecule has 1 aromatic heterocycles. The summed E-state index contributed by atoms with van der Waals surface area (Å²) in [6.07, 6.45) is 5.50. The minimum atomic E-state index is 0.710. The van der Waals surface area contributed by atoms with Crippen LogP contribution in [0.5, 0.6) is 0 Å². The minimum Gasteiger partial charge on any atom is -0.259 e. The SMILES string of the molecule is C#Cc1nn(Cc2ccccc2)c2ccccc12. The Morgan fingerprint density at radius 3 is 2.50 bits per heavy atom. The summed E-state index contributed by atoms with van der Waals surface area (Å²) >= 11 is 0. The number of benzene rings is 2. The molecule has 0 aliphatic rings. The molecule has 0 bridgehead atoms. The van der Waals surface area contributed by atoms with E-state index < -0.39 is 0 Å². The molecule has 0 saturated heterocycles. The van der Waals surface area contributed by atoms with Gasteiger partial charge in [0, 0.05) is 5.39 Å². The highest BCUT2D eigenvalue weighted by atomic mass is 15.3. The summed E-state index contributed by atoms with van der Waals surface area (Å²) in [5, 5.41) is 5.52. The molecule has 0 unspecified atom stereocenters. The Morgan fingerprint density at radius 2 is 1.72 bits per heavy atom. The van der Waals surface area contributed by atoms with Crippen LogP contribution in [-0.2, 0) is 6.54 Å². The van der Waals surface area contributed by atoms with Crippen LogP contribution in [-0.4, -0.2) is 9.78 Å². The Bertz CT molecular complexity index is 718. The van der Waals surface area contributed by atoms with Crippen molar-refractivity contribution in [2.45, 2.75) is 6.54 Å². The van der Waals surface area contributed by atoms with Crippen LogP contribution in [0, 0.1) is 12.3 Å². The third-order valence-corrected chi connectivity index (χ3v) is 2.97. The van der Waals surface area contributed by atoms with E-state index in [9.17, 15) is 0 Å². The maximum absolute atomic E-state index is 5.50. The third kappa shape index (κ3) is 1.76. The number of nitrogens with zero attached hydrogens (tertiary/aromatic N) is 2. The standard InChI is InChI=1S/C16H12N2/c1-2-15-14-10-6-7-11-16(14)18(17-15)12-13-8-4-3-5-9-13/h1,3-11H,12H2. The fourth-order valence-corrected chi connectivity index (χ4v) is 2.11. The van der Waals surface area contributed by atoms with Gasteiger partial charge in [0.15, 0.2) is 0 Å². The van der Waals surface area contributed by atoms with Crippen LogP contribution in [0.2, 0.25) is 0 Å². The average Bonchev–Trinajstić information content (AvgIpc) is 2.78. The molecule has 0 aliphatic carbocycles. The van der Waals surface area contributed by atoms with E-state index in [2.05, 4.69) is 23.2 Å². The van der Waals surface area contributed by atoms with Crippen LogP contribution < -0.4 is 0 Å². The highest BCUT2D eigenvalue weighted by molar-refractivity contribution is 5.84. The summed E-state index contributed by atoms with van der Waals surface area (Å²) in [5.74, 6) is 2.64. The molecule has 2 heteroatoms. The predicted octanol–water partition coefficient (Wildman–Crippen LogP) is 3.07. The van der Waals surface area contributed by atoms with E-state index in [1.165, 1.54) is 5.56 Å². The van der Waals surface area contributed by atoms with E-state index in [1.54, 1.807) is 0 Å². The van der Waals surface area contributed by atoms with E-state index >= 15 is 0 Å². The molecule has 0 spiro atoms.